The van der Waals surface area contributed by atoms with E-state index < -0.39 is 0 Å². The van der Waals surface area contributed by atoms with Crippen LogP contribution < -0.4 is 5.32 Å². The normalized spacial score (nSPS) is 11.8. The second kappa shape index (κ2) is 9.16. The quantitative estimate of drug-likeness (QED) is 0.670. The fourth-order valence-corrected chi connectivity index (χ4v) is 2.05. The van der Waals surface area contributed by atoms with E-state index in [-0.39, 0.29) is 0 Å². The number of ether oxygens (including phenoxy) is 1. The number of nitrogens with zero attached hydrogens (tertiary/aromatic N) is 1. The van der Waals surface area contributed by atoms with Gasteiger partial charge in [-0.05, 0) is 39.4 Å². The van der Waals surface area contributed by atoms with E-state index in [1.807, 2.05) is 13.8 Å². The van der Waals surface area contributed by atoms with Crippen LogP contribution in [0.2, 0.25) is 0 Å². The minimum Gasteiger partial charge on any atom is -0.465 e. The average molecular weight is 282 g/mol. The molecule has 0 radical (unpaired) electrons. The highest BCUT2D eigenvalue weighted by Crippen LogP contribution is 2.16. The van der Waals surface area contributed by atoms with Gasteiger partial charge >= 0.3 is 0 Å². The molecule has 0 spiro atoms. The molecule has 0 fully saturated rings. The highest BCUT2D eigenvalue weighted by molar-refractivity contribution is 5.20. The summed E-state index contributed by atoms with van der Waals surface area (Å²) in [6.45, 7) is 13.7. The van der Waals surface area contributed by atoms with Gasteiger partial charge in [0.2, 0.25) is 0 Å². The summed E-state index contributed by atoms with van der Waals surface area (Å²) in [6, 6.07) is 2.17. The fraction of sp³-hybridized carbons (Fsp3) is 0.750. The van der Waals surface area contributed by atoms with Gasteiger partial charge in [0.15, 0.2) is 0 Å². The number of aryl methyl sites for hydroxylation is 1. The molecule has 4 nitrogen and oxygen atoms in total. The van der Waals surface area contributed by atoms with E-state index in [0.717, 1.165) is 50.9 Å². The van der Waals surface area contributed by atoms with Crippen molar-refractivity contribution >= 4 is 0 Å². The molecule has 0 saturated carbocycles. The van der Waals surface area contributed by atoms with Crippen LogP contribution >= 0.6 is 0 Å². The van der Waals surface area contributed by atoms with Gasteiger partial charge in [-0.2, -0.15) is 0 Å². The summed E-state index contributed by atoms with van der Waals surface area (Å²) in [7, 11) is 2.09. The van der Waals surface area contributed by atoms with Gasteiger partial charge in [0, 0.05) is 25.3 Å². The van der Waals surface area contributed by atoms with Gasteiger partial charge in [-0.25, -0.2) is 0 Å². The van der Waals surface area contributed by atoms with E-state index in [0.29, 0.717) is 5.92 Å². The van der Waals surface area contributed by atoms with Crippen LogP contribution in [0.1, 0.15) is 37.9 Å². The minimum absolute atomic E-state index is 0.673. The first-order chi connectivity index (χ1) is 9.52. The first-order valence-electron chi connectivity index (χ1n) is 7.58. The van der Waals surface area contributed by atoms with E-state index in [9.17, 15) is 0 Å². The molecule has 0 saturated heterocycles. The molecule has 1 aromatic rings. The highest BCUT2D eigenvalue weighted by atomic mass is 16.5. The molecule has 116 valence electrons. The summed E-state index contributed by atoms with van der Waals surface area (Å²) in [5, 5.41) is 3.46. The van der Waals surface area contributed by atoms with Crippen LogP contribution in [0.3, 0.4) is 0 Å². The molecule has 1 heterocycles. The van der Waals surface area contributed by atoms with Crippen LogP contribution in [0.5, 0.6) is 0 Å². The van der Waals surface area contributed by atoms with E-state index >= 15 is 0 Å². The Hall–Kier alpha value is -0.840. The summed E-state index contributed by atoms with van der Waals surface area (Å²) in [5.74, 6) is 2.73. The highest BCUT2D eigenvalue weighted by Gasteiger charge is 2.09. The van der Waals surface area contributed by atoms with Crippen LogP contribution in [0.15, 0.2) is 10.5 Å². The summed E-state index contributed by atoms with van der Waals surface area (Å²) >= 11 is 0. The number of likely N-dealkylation sites (N-methyl/N-ethyl adjacent to an activating group) is 1. The van der Waals surface area contributed by atoms with Crippen LogP contribution in [-0.4, -0.2) is 38.3 Å². The molecule has 0 aromatic carbocycles. The Labute approximate surface area is 123 Å². The van der Waals surface area contributed by atoms with Crippen molar-refractivity contribution in [3.05, 3.63) is 23.2 Å². The molecule has 0 atom stereocenters. The lowest BCUT2D eigenvalue weighted by molar-refractivity contribution is 0.118. The molecule has 1 aromatic heterocycles. The van der Waals surface area contributed by atoms with Crippen molar-refractivity contribution in [2.45, 2.75) is 40.8 Å². The number of rotatable bonds is 10. The lowest BCUT2D eigenvalue weighted by Gasteiger charge is -2.14. The Morgan fingerprint density at radius 2 is 2.15 bits per heavy atom. The number of hydrogen-bond acceptors (Lipinski definition) is 4. The zero-order valence-electron chi connectivity index (χ0n) is 13.7. The Balaban J connectivity index is 2.39. The van der Waals surface area contributed by atoms with Crippen LogP contribution in [0.25, 0.3) is 0 Å². The second-order valence-electron chi connectivity index (χ2n) is 5.75. The third-order valence-corrected chi connectivity index (χ3v) is 3.19. The van der Waals surface area contributed by atoms with Crippen molar-refractivity contribution in [3.63, 3.8) is 0 Å². The molecule has 0 aliphatic heterocycles. The summed E-state index contributed by atoms with van der Waals surface area (Å²) in [4.78, 5) is 2.22. The van der Waals surface area contributed by atoms with Gasteiger partial charge in [0.05, 0.1) is 13.2 Å². The van der Waals surface area contributed by atoms with E-state index in [1.54, 1.807) is 0 Å². The fourth-order valence-electron chi connectivity index (χ4n) is 2.05. The van der Waals surface area contributed by atoms with Crippen molar-refractivity contribution in [1.29, 1.82) is 0 Å². The monoisotopic (exact) mass is 282 g/mol. The van der Waals surface area contributed by atoms with Gasteiger partial charge in [-0.15, -0.1) is 0 Å². The molecule has 0 bridgehead atoms. The van der Waals surface area contributed by atoms with Crippen molar-refractivity contribution < 1.29 is 9.15 Å². The molecule has 4 heteroatoms. The first-order valence-corrected chi connectivity index (χ1v) is 7.58. The molecular formula is C16H30N2O2. The number of hydrogen-bond donors (Lipinski definition) is 1. The minimum atomic E-state index is 0.673. The summed E-state index contributed by atoms with van der Waals surface area (Å²) in [5.41, 5.74) is 1.26. The average Bonchev–Trinajstić information content (AvgIpc) is 2.69. The summed E-state index contributed by atoms with van der Waals surface area (Å²) in [6.07, 6.45) is 0. The molecule has 1 rings (SSSR count). The van der Waals surface area contributed by atoms with Crippen LogP contribution in [0.4, 0.5) is 0 Å². The summed E-state index contributed by atoms with van der Waals surface area (Å²) < 4.78 is 11.2. The van der Waals surface area contributed by atoms with Gasteiger partial charge in [-0.3, -0.25) is 4.90 Å². The SMILES string of the molecule is CCOCCN(C)Cc1cc(CNCC(C)C)c(C)o1. The smallest absolute Gasteiger partial charge is 0.118 e. The molecule has 0 aliphatic rings. The van der Waals surface area contributed by atoms with Crippen molar-refractivity contribution in [2.75, 3.05) is 33.4 Å². The predicted molar refractivity (Wildman–Crippen MR) is 82.8 cm³/mol. The maximum atomic E-state index is 5.83. The Kier molecular flexibility index (Phi) is 7.88. The zero-order valence-corrected chi connectivity index (χ0v) is 13.7. The number of furan rings is 1. The van der Waals surface area contributed by atoms with Crippen LogP contribution in [0, 0.1) is 12.8 Å². The third-order valence-electron chi connectivity index (χ3n) is 3.19. The molecule has 1 N–H and O–H groups in total. The van der Waals surface area contributed by atoms with Crippen molar-refractivity contribution in [2.24, 2.45) is 5.92 Å². The number of nitrogens with one attached hydrogen (secondary N) is 1. The second-order valence-corrected chi connectivity index (χ2v) is 5.75. The van der Waals surface area contributed by atoms with Gasteiger partial charge in [0.1, 0.15) is 11.5 Å². The molecule has 0 amide bonds. The Morgan fingerprint density at radius 3 is 2.80 bits per heavy atom. The maximum absolute atomic E-state index is 5.83. The van der Waals surface area contributed by atoms with Crippen molar-refractivity contribution in [3.8, 4) is 0 Å². The van der Waals surface area contributed by atoms with Gasteiger partial charge < -0.3 is 14.5 Å². The van der Waals surface area contributed by atoms with Crippen molar-refractivity contribution in [1.82, 2.24) is 10.2 Å². The largest absolute Gasteiger partial charge is 0.465 e. The first kappa shape index (κ1) is 17.2. The molecule has 0 aliphatic carbocycles. The van der Waals surface area contributed by atoms with E-state index in [1.165, 1.54) is 5.56 Å². The maximum Gasteiger partial charge on any atom is 0.118 e. The zero-order chi connectivity index (χ0) is 15.0. The van der Waals surface area contributed by atoms with E-state index in [2.05, 4.69) is 37.2 Å². The Bertz CT molecular complexity index is 375. The lowest BCUT2D eigenvalue weighted by Crippen LogP contribution is -2.22. The van der Waals surface area contributed by atoms with E-state index in [4.69, 9.17) is 9.15 Å². The third kappa shape index (κ3) is 6.55. The molecule has 20 heavy (non-hydrogen) atoms. The van der Waals surface area contributed by atoms with Crippen LogP contribution in [-0.2, 0) is 17.8 Å². The molecular weight excluding hydrogens is 252 g/mol. The lowest BCUT2D eigenvalue weighted by atomic mass is 10.2. The van der Waals surface area contributed by atoms with Gasteiger partial charge in [-0.1, -0.05) is 13.8 Å². The predicted octanol–water partition coefficient (Wildman–Crippen LogP) is 2.80. The standard InChI is InChI=1S/C16H30N2O2/c1-6-19-8-7-18(5)12-16-9-15(14(4)20-16)11-17-10-13(2)3/h9,13,17H,6-8,10-12H2,1-5H3. The topological polar surface area (TPSA) is 37.6 Å². The molecule has 0 unspecified atom stereocenters. The van der Waals surface area contributed by atoms with Gasteiger partial charge in [0.25, 0.3) is 0 Å². The Morgan fingerprint density at radius 1 is 1.40 bits per heavy atom.